The van der Waals surface area contributed by atoms with E-state index in [1.165, 1.54) is 12.0 Å². The van der Waals surface area contributed by atoms with Gasteiger partial charge in [0.05, 0.1) is 17.7 Å². The standard InChI is InChI=1S/C13H18ClNO3/c1-13(2,17)8-15(3)12(16)9-5-6-10(14)11(7-9)18-4/h5-7,17H,8H2,1-4H3. The molecule has 0 aliphatic carbocycles. The number of halogens is 1. The monoisotopic (exact) mass is 271 g/mol. The molecule has 1 rings (SSSR count). The van der Waals surface area contributed by atoms with Crippen LogP contribution in [0, 0.1) is 0 Å². The Morgan fingerprint density at radius 2 is 2.11 bits per heavy atom. The number of aliphatic hydroxyl groups is 1. The third kappa shape index (κ3) is 3.89. The molecule has 1 N–H and O–H groups in total. The fourth-order valence-electron chi connectivity index (χ4n) is 1.67. The van der Waals surface area contributed by atoms with E-state index in [0.29, 0.717) is 16.3 Å². The smallest absolute Gasteiger partial charge is 0.253 e. The van der Waals surface area contributed by atoms with E-state index in [9.17, 15) is 9.90 Å². The van der Waals surface area contributed by atoms with Gasteiger partial charge in [-0.25, -0.2) is 0 Å². The summed E-state index contributed by atoms with van der Waals surface area (Å²) in [4.78, 5) is 13.6. The van der Waals surface area contributed by atoms with E-state index in [1.54, 1.807) is 39.1 Å². The summed E-state index contributed by atoms with van der Waals surface area (Å²) in [5, 5.41) is 10.1. The summed E-state index contributed by atoms with van der Waals surface area (Å²) in [6.45, 7) is 3.55. The van der Waals surface area contributed by atoms with Gasteiger partial charge in [-0.3, -0.25) is 4.79 Å². The van der Waals surface area contributed by atoms with Crippen molar-refractivity contribution < 1.29 is 14.6 Å². The van der Waals surface area contributed by atoms with Crippen molar-refractivity contribution in [2.75, 3.05) is 20.7 Å². The van der Waals surface area contributed by atoms with Crippen molar-refractivity contribution in [3.8, 4) is 5.75 Å². The predicted octanol–water partition coefficient (Wildman–Crippen LogP) is 2.19. The third-order valence-electron chi connectivity index (χ3n) is 2.37. The molecule has 0 aliphatic heterocycles. The quantitative estimate of drug-likeness (QED) is 0.913. The number of ether oxygens (including phenoxy) is 1. The van der Waals surface area contributed by atoms with Crippen LogP contribution in [-0.2, 0) is 0 Å². The maximum atomic E-state index is 12.1. The number of nitrogens with zero attached hydrogens (tertiary/aromatic N) is 1. The molecule has 0 aliphatic rings. The van der Waals surface area contributed by atoms with E-state index in [1.807, 2.05) is 0 Å². The van der Waals surface area contributed by atoms with Gasteiger partial charge in [-0.15, -0.1) is 0 Å². The van der Waals surface area contributed by atoms with Crippen molar-refractivity contribution in [3.05, 3.63) is 28.8 Å². The minimum Gasteiger partial charge on any atom is -0.495 e. The third-order valence-corrected chi connectivity index (χ3v) is 2.68. The number of rotatable bonds is 4. The minimum absolute atomic E-state index is 0.188. The number of hydrogen-bond donors (Lipinski definition) is 1. The molecule has 100 valence electrons. The van der Waals surface area contributed by atoms with Gasteiger partial charge in [0, 0.05) is 19.2 Å². The molecule has 0 spiro atoms. The second-order valence-corrected chi connectivity index (χ2v) is 5.23. The Kier molecular flexibility index (Phi) is 4.59. The topological polar surface area (TPSA) is 49.8 Å². The maximum absolute atomic E-state index is 12.1. The van der Waals surface area contributed by atoms with Crippen LogP contribution in [0.1, 0.15) is 24.2 Å². The number of carbonyl (C=O) groups is 1. The first kappa shape index (κ1) is 14.8. The molecule has 0 aromatic heterocycles. The van der Waals surface area contributed by atoms with Gasteiger partial charge in [0.2, 0.25) is 0 Å². The van der Waals surface area contributed by atoms with Gasteiger partial charge < -0.3 is 14.7 Å². The lowest BCUT2D eigenvalue weighted by molar-refractivity contribution is 0.0368. The molecule has 0 atom stereocenters. The minimum atomic E-state index is -0.930. The van der Waals surface area contributed by atoms with Crippen LogP contribution in [0.4, 0.5) is 0 Å². The molecule has 0 radical (unpaired) electrons. The van der Waals surface area contributed by atoms with Gasteiger partial charge in [0.15, 0.2) is 0 Å². The van der Waals surface area contributed by atoms with Crippen LogP contribution in [0.3, 0.4) is 0 Å². The summed E-state index contributed by atoms with van der Waals surface area (Å²) < 4.78 is 5.06. The summed E-state index contributed by atoms with van der Waals surface area (Å²) >= 11 is 5.90. The van der Waals surface area contributed by atoms with E-state index in [0.717, 1.165) is 0 Å². The van der Waals surface area contributed by atoms with Crippen LogP contribution in [0.5, 0.6) is 5.75 Å². The molecule has 4 nitrogen and oxygen atoms in total. The molecule has 1 aromatic carbocycles. The highest BCUT2D eigenvalue weighted by Gasteiger charge is 2.20. The number of amides is 1. The molecule has 0 bridgehead atoms. The number of benzene rings is 1. The fourth-order valence-corrected chi connectivity index (χ4v) is 1.86. The van der Waals surface area contributed by atoms with E-state index in [2.05, 4.69) is 0 Å². The average molecular weight is 272 g/mol. The molecular weight excluding hydrogens is 254 g/mol. The second kappa shape index (κ2) is 5.59. The first-order chi connectivity index (χ1) is 8.24. The lowest BCUT2D eigenvalue weighted by Gasteiger charge is -2.25. The van der Waals surface area contributed by atoms with Gasteiger partial charge in [-0.05, 0) is 32.0 Å². The highest BCUT2D eigenvalue weighted by molar-refractivity contribution is 6.32. The SMILES string of the molecule is COc1cc(C(=O)N(C)CC(C)(C)O)ccc1Cl. The number of carbonyl (C=O) groups excluding carboxylic acids is 1. The molecule has 0 heterocycles. The molecule has 1 aromatic rings. The lowest BCUT2D eigenvalue weighted by atomic mass is 10.1. The first-order valence-electron chi connectivity index (χ1n) is 5.56. The van der Waals surface area contributed by atoms with E-state index in [-0.39, 0.29) is 12.5 Å². The van der Waals surface area contributed by atoms with Crippen LogP contribution in [0.2, 0.25) is 5.02 Å². The van der Waals surface area contributed by atoms with Gasteiger partial charge in [0.25, 0.3) is 5.91 Å². The summed E-state index contributed by atoms with van der Waals surface area (Å²) in [5.41, 5.74) is -0.455. The van der Waals surface area contributed by atoms with Crippen molar-refractivity contribution in [2.24, 2.45) is 0 Å². The van der Waals surface area contributed by atoms with Crippen LogP contribution < -0.4 is 4.74 Å². The zero-order chi connectivity index (χ0) is 13.9. The van der Waals surface area contributed by atoms with Crippen molar-refractivity contribution >= 4 is 17.5 Å². The molecular formula is C13H18ClNO3. The Morgan fingerprint density at radius 1 is 1.50 bits per heavy atom. The Labute approximate surface area is 112 Å². The number of hydrogen-bond acceptors (Lipinski definition) is 3. The molecule has 0 saturated heterocycles. The highest BCUT2D eigenvalue weighted by atomic mass is 35.5. The maximum Gasteiger partial charge on any atom is 0.253 e. The molecule has 0 saturated carbocycles. The summed E-state index contributed by atoms with van der Waals surface area (Å²) in [7, 11) is 3.14. The molecule has 18 heavy (non-hydrogen) atoms. The summed E-state index contributed by atoms with van der Waals surface area (Å²) in [6.07, 6.45) is 0. The van der Waals surface area contributed by atoms with Crippen LogP contribution in [0.25, 0.3) is 0 Å². The molecule has 1 amide bonds. The average Bonchev–Trinajstić information content (AvgIpc) is 2.26. The van der Waals surface area contributed by atoms with Crippen molar-refractivity contribution in [1.82, 2.24) is 4.90 Å². The van der Waals surface area contributed by atoms with Gasteiger partial charge in [-0.1, -0.05) is 11.6 Å². The van der Waals surface area contributed by atoms with Crippen molar-refractivity contribution in [3.63, 3.8) is 0 Å². The van der Waals surface area contributed by atoms with Gasteiger partial charge >= 0.3 is 0 Å². The van der Waals surface area contributed by atoms with Crippen LogP contribution >= 0.6 is 11.6 Å². The first-order valence-corrected chi connectivity index (χ1v) is 5.94. The molecule has 0 unspecified atom stereocenters. The summed E-state index contributed by atoms with van der Waals surface area (Å²) in [6, 6.07) is 4.84. The zero-order valence-electron chi connectivity index (χ0n) is 11.0. The largest absolute Gasteiger partial charge is 0.495 e. The predicted molar refractivity (Wildman–Crippen MR) is 71.3 cm³/mol. The Bertz CT molecular complexity index is 440. The Balaban J connectivity index is 2.90. The van der Waals surface area contributed by atoms with Crippen LogP contribution in [-0.4, -0.2) is 42.2 Å². The molecule has 5 heteroatoms. The molecule has 0 fully saturated rings. The van der Waals surface area contributed by atoms with E-state index < -0.39 is 5.60 Å². The number of likely N-dealkylation sites (N-methyl/N-ethyl adjacent to an activating group) is 1. The fraction of sp³-hybridized carbons (Fsp3) is 0.462. The highest BCUT2D eigenvalue weighted by Crippen LogP contribution is 2.25. The van der Waals surface area contributed by atoms with E-state index in [4.69, 9.17) is 16.3 Å². The van der Waals surface area contributed by atoms with Crippen molar-refractivity contribution in [2.45, 2.75) is 19.4 Å². The van der Waals surface area contributed by atoms with E-state index >= 15 is 0 Å². The lowest BCUT2D eigenvalue weighted by Crippen LogP contribution is -2.39. The van der Waals surface area contributed by atoms with Gasteiger partial charge in [0.1, 0.15) is 5.75 Å². The Morgan fingerprint density at radius 3 is 2.61 bits per heavy atom. The number of methoxy groups -OCH3 is 1. The zero-order valence-corrected chi connectivity index (χ0v) is 11.8. The van der Waals surface area contributed by atoms with Crippen molar-refractivity contribution in [1.29, 1.82) is 0 Å². The van der Waals surface area contributed by atoms with Crippen LogP contribution in [0.15, 0.2) is 18.2 Å². The summed E-state index contributed by atoms with van der Waals surface area (Å²) in [5.74, 6) is 0.270. The normalized spacial score (nSPS) is 11.2. The van der Waals surface area contributed by atoms with Gasteiger partial charge in [-0.2, -0.15) is 0 Å². The Hall–Kier alpha value is -1.26. The second-order valence-electron chi connectivity index (χ2n) is 4.82.